The second-order valence-corrected chi connectivity index (χ2v) is 8.36. The van der Waals surface area contributed by atoms with Gasteiger partial charge in [0, 0.05) is 0 Å². The number of hydrogen-bond donors (Lipinski definition) is 4. The zero-order valence-corrected chi connectivity index (χ0v) is 17.9. The summed E-state index contributed by atoms with van der Waals surface area (Å²) >= 11 is 0. The van der Waals surface area contributed by atoms with E-state index in [0.29, 0.717) is 5.69 Å². The Labute approximate surface area is 188 Å². The summed E-state index contributed by atoms with van der Waals surface area (Å²) < 4.78 is 27.6. The Bertz CT molecular complexity index is 1700. The number of para-hydroxylation sites is 1. The maximum atomic E-state index is 13.0. The zero-order valence-electron chi connectivity index (χ0n) is 17.0. The van der Waals surface area contributed by atoms with Crippen LogP contribution in [0.4, 0.5) is 17.3 Å². The van der Waals surface area contributed by atoms with Crippen LogP contribution in [0, 0.1) is 11.3 Å². The minimum atomic E-state index is -3.82. The van der Waals surface area contributed by atoms with Gasteiger partial charge in [-0.25, -0.2) is 22.7 Å². The second-order valence-electron chi connectivity index (χ2n) is 6.61. The van der Waals surface area contributed by atoms with Crippen molar-refractivity contribution in [2.24, 2.45) is 10.2 Å². The number of nitrogens with zero attached hydrogens (tertiary/aromatic N) is 7. The number of nitrogens with one attached hydrogen (secondary N) is 4. The summed E-state index contributed by atoms with van der Waals surface area (Å²) in [4.78, 5) is 43.8. The Balaban J connectivity index is 1.88. The molecule has 0 bridgehead atoms. The van der Waals surface area contributed by atoms with Gasteiger partial charge in [0.15, 0.2) is 17.3 Å². The molecule has 17 heteroatoms. The highest BCUT2D eigenvalue weighted by molar-refractivity contribution is 7.92. The Morgan fingerprint density at radius 3 is 2.50 bits per heavy atom. The predicted molar refractivity (Wildman–Crippen MR) is 116 cm³/mol. The number of sulfonamides is 1. The lowest BCUT2D eigenvalue weighted by molar-refractivity contribution is 0.606. The molecule has 0 radical (unpaired) electrons. The first kappa shape index (κ1) is 22.1. The van der Waals surface area contributed by atoms with E-state index < -0.39 is 32.6 Å². The largest absolute Gasteiger partial charge is 0.352 e. The van der Waals surface area contributed by atoms with Crippen molar-refractivity contribution in [1.82, 2.24) is 34.5 Å². The molecule has 4 aromatic rings. The Morgan fingerprint density at radius 2 is 1.85 bits per heavy atom. The van der Waals surface area contributed by atoms with Crippen molar-refractivity contribution in [1.29, 1.82) is 5.26 Å². The molecule has 4 N–H and O–H groups in total. The monoisotopic (exact) mass is 483 g/mol. The number of anilines is 1. The molecule has 0 fully saturated rings. The van der Waals surface area contributed by atoms with E-state index in [1.165, 1.54) is 0 Å². The van der Waals surface area contributed by atoms with Crippen LogP contribution in [0.1, 0.15) is 5.56 Å². The van der Waals surface area contributed by atoms with Crippen LogP contribution in [0.25, 0.3) is 11.6 Å². The highest BCUT2D eigenvalue weighted by atomic mass is 32.2. The fraction of sp³-hybridized carbons (Fsp3) is 0.0588. The number of H-pyrrole nitrogens is 3. The van der Waals surface area contributed by atoms with Crippen LogP contribution >= 0.6 is 0 Å². The number of benzene rings is 1. The third kappa shape index (κ3) is 4.42. The standard InChI is InChI=1S/C17H13N11O5S/c1-34(32,33)26-12-11(14(29)27(25-12)10-5-3-2-4-6-10)23-24-13-9(7-18)8-19-28(13)15-20-16(30)22-17(31)21-15/h2-6,8,25-26H,1H3,(H2,20,21,22,30,31). The maximum Gasteiger partial charge on any atom is 0.352 e. The van der Waals surface area contributed by atoms with E-state index in [-0.39, 0.29) is 23.1 Å². The zero-order chi connectivity index (χ0) is 24.5. The summed E-state index contributed by atoms with van der Waals surface area (Å²) in [7, 11) is -3.82. The van der Waals surface area contributed by atoms with Gasteiger partial charge in [-0.05, 0) is 12.1 Å². The van der Waals surface area contributed by atoms with E-state index in [0.717, 1.165) is 21.8 Å². The molecule has 0 amide bonds. The van der Waals surface area contributed by atoms with E-state index in [1.54, 1.807) is 36.4 Å². The van der Waals surface area contributed by atoms with Crippen molar-refractivity contribution in [2.75, 3.05) is 11.0 Å². The van der Waals surface area contributed by atoms with Gasteiger partial charge in [-0.2, -0.15) is 20.0 Å². The first-order valence-corrected chi connectivity index (χ1v) is 11.0. The molecule has 4 rings (SSSR count). The number of azo groups is 1. The van der Waals surface area contributed by atoms with E-state index in [9.17, 15) is 28.1 Å². The van der Waals surface area contributed by atoms with Crippen molar-refractivity contribution in [2.45, 2.75) is 0 Å². The minimum absolute atomic E-state index is 0.136. The average Bonchev–Trinajstić information content (AvgIpc) is 3.31. The first-order chi connectivity index (χ1) is 16.2. The lowest BCUT2D eigenvalue weighted by atomic mass is 10.3. The van der Waals surface area contributed by atoms with Crippen molar-refractivity contribution < 1.29 is 8.42 Å². The summed E-state index contributed by atoms with van der Waals surface area (Å²) in [5.41, 5.74) is -2.80. The van der Waals surface area contributed by atoms with Gasteiger partial charge in [-0.3, -0.25) is 24.6 Å². The number of nitriles is 1. The lowest BCUT2D eigenvalue weighted by Gasteiger charge is -2.02. The fourth-order valence-corrected chi connectivity index (χ4v) is 3.30. The molecule has 16 nitrogen and oxygen atoms in total. The summed E-state index contributed by atoms with van der Waals surface area (Å²) in [5.74, 6) is -0.935. The highest BCUT2D eigenvalue weighted by Crippen LogP contribution is 2.26. The van der Waals surface area contributed by atoms with Crippen LogP contribution in [-0.4, -0.2) is 49.2 Å². The van der Waals surface area contributed by atoms with Crippen molar-refractivity contribution in [3.8, 4) is 17.7 Å². The van der Waals surface area contributed by atoms with Gasteiger partial charge >= 0.3 is 16.9 Å². The third-order valence-corrected chi connectivity index (χ3v) is 4.71. The van der Waals surface area contributed by atoms with Gasteiger partial charge in [0.1, 0.15) is 11.6 Å². The Kier molecular flexibility index (Phi) is 5.48. The molecular formula is C17H13N11O5S. The van der Waals surface area contributed by atoms with Crippen LogP contribution in [0.15, 0.2) is 61.1 Å². The summed E-state index contributed by atoms with van der Waals surface area (Å²) in [6, 6.07) is 10.1. The average molecular weight is 483 g/mol. The number of aromatic amines is 3. The summed E-state index contributed by atoms with van der Waals surface area (Å²) in [6.07, 6.45) is 1.95. The molecule has 0 saturated heterocycles. The molecule has 0 aliphatic rings. The minimum Gasteiger partial charge on any atom is -0.276 e. The van der Waals surface area contributed by atoms with Crippen molar-refractivity contribution in [3.63, 3.8) is 0 Å². The molecule has 34 heavy (non-hydrogen) atoms. The van der Waals surface area contributed by atoms with Crippen LogP contribution < -0.4 is 21.7 Å². The number of rotatable bonds is 6. The van der Waals surface area contributed by atoms with Gasteiger partial charge in [0.25, 0.3) is 0 Å². The molecule has 0 aliphatic heterocycles. The van der Waals surface area contributed by atoms with Crippen molar-refractivity contribution >= 4 is 27.3 Å². The molecule has 0 saturated carbocycles. The van der Waals surface area contributed by atoms with Crippen LogP contribution in [-0.2, 0) is 10.0 Å². The van der Waals surface area contributed by atoms with E-state index in [1.807, 2.05) is 4.98 Å². The summed E-state index contributed by atoms with van der Waals surface area (Å²) in [6.45, 7) is 0. The van der Waals surface area contributed by atoms with Gasteiger partial charge in [-0.1, -0.05) is 18.2 Å². The quantitative estimate of drug-likeness (QED) is 0.267. The van der Waals surface area contributed by atoms with E-state index in [4.69, 9.17) is 0 Å². The van der Waals surface area contributed by atoms with Crippen molar-refractivity contribution in [3.05, 3.63) is 73.4 Å². The second kappa shape index (κ2) is 8.44. The Morgan fingerprint density at radius 1 is 1.12 bits per heavy atom. The fourth-order valence-electron chi connectivity index (χ4n) is 2.79. The number of hydrogen-bond acceptors (Lipinski definition) is 10. The maximum absolute atomic E-state index is 13.0. The lowest BCUT2D eigenvalue weighted by Crippen LogP contribution is -2.27. The Hall–Kier alpha value is -5.11. The topological polar surface area (TPSA) is 229 Å². The SMILES string of the molecule is CS(=O)(=O)Nc1[nH]n(-c2ccccc2)c(=O)c1N=Nc1c(C#N)cnn1-c1nc(=O)[nH]c(=O)[nH]1. The summed E-state index contributed by atoms with van der Waals surface area (Å²) in [5, 5.41) is 23.5. The van der Waals surface area contributed by atoms with Gasteiger partial charge < -0.3 is 0 Å². The predicted octanol–water partition coefficient (Wildman–Crippen LogP) is -0.219. The smallest absolute Gasteiger partial charge is 0.276 e. The molecule has 3 heterocycles. The van der Waals surface area contributed by atoms with E-state index >= 15 is 0 Å². The molecule has 1 aromatic carbocycles. The van der Waals surface area contributed by atoms with Crippen LogP contribution in [0.5, 0.6) is 0 Å². The normalized spacial score (nSPS) is 11.5. The van der Waals surface area contributed by atoms with Gasteiger partial charge in [0.2, 0.25) is 16.0 Å². The van der Waals surface area contributed by atoms with E-state index in [2.05, 4.69) is 35.1 Å². The molecule has 0 unspecified atom stereocenters. The van der Waals surface area contributed by atoms with Crippen LogP contribution in [0.2, 0.25) is 0 Å². The highest BCUT2D eigenvalue weighted by Gasteiger charge is 2.20. The van der Waals surface area contributed by atoms with Gasteiger partial charge in [0.05, 0.1) is 18.1 Å². The van der Waals surface area contributed by atoms with Crippen LogP contribution in [0.3, 0.4) is 0 Å². The molecule has 172 valence electrons. The molecule has 0 atom stereocenters. The molecule has 3 aromatic heterocycles. The molecular weight excluding hydrogens is 470 g/mol. The van der Waals surface area contributed by atoms with Gasteiger partial charge in [-0.15, -0.1) is 10.2 Å². The third-order valence-electron chi connectivity index (χ3n) is 4.13. The molecule has 0 spiro atoms. The molecule has 0 aliphatic carbocycles. The first-order valence-electron chi connectivity index (χ1n) is 9.15. The number of aromatic nitrogens is 7.